The van der Waals surface area contributed by atoms with Gasteiger partial charge in [-0.1, -0.05) is 13.8 Å². The van der Waals surface area contributed by atoms with Crippen molar-refractivity contribution in [3.05, 3.63) is 35.8 Å². The number of aromatic amines is 1. The number of ether oxygens (including phenoxy) is 2. The molecule has 0 bridgehead atoms. The van der Waals surface area contributed by atoms with Crippen LogP contribution in [-0.2, 0) is 19.1 Å². The molecule has 0 unspecified atom stereocenters. The second kappa shape index (κ2) is 6.95. The maximum Gasteiger partial charge on any atom is 0.354 e. The average molecular weight is 317 g/mol. The molecule has 0 fully saturated rings. The lowest BCUT2D eigenvalue weighted by Gasteiger charge is -2.08. The maximum absolute atomic E-state index is 11.7. The van der Waals surface area contributed by atoms with Gasteiger partial charge in [0.05, 0.1) is 31.3 Å². The summed E-state index contributed by atoms with van der Waals surface area (Å²) in [7, 11) is 2.47. The van der Waals surface area contributed by atoms with Crippen LogP contribution in [0.15, 0.2) is 30.0 Å². The highest BCUT2D eigenvalue weighted by Crippen LogP contribution is 2.21. The molecule has 1 heterocycles. The van der Waals surface area contributed by atoms with Gasteiger partial charge in [-0.05, 0) is 18.2 Å². The van der Waals surface area contributed by atoms with Crippen LogP contribution in [0.5, 0.6) is 0 Å². The topological polar surface area (TPSA) is 93.3 Å². The van der Waals surface area contributed by atoms with Crippen molar-refractivity contribution in [1.29, 1.82) is 0 Å². The number of benzene rings is 1. The fourth-order valence-electron chi connectivity index (χ4n) is 1.97. The van der Waals surface area contributed by atoms with Crippen LogP contribution in [0.2, 0.25) is 0 Å². The van der Waals surface area contributed by atoms with Gasteiger partial charge in [-0.2, -0.15) is 0 Å². The van der Waals surface area contributed by atoms with E-state index in [4.69, 9.17) is 0 Å². The highest BCUT2D eigenvalue weighted by molar-refractivity contribution is 5.99. The van der Waals surface area contributed by atoms with Crippen LogP contribution >= 0.6 is 0 Å². The highest BCUT2D eigenvalue weighted by Gasteiger charge is 2.14. The average Bonchev–Trinajstić information content (AvgIpc) is 2.96. The Morgan fingerprint density at radius 1 is 1.26 bits per heavy atom. The molecule has 122 valence electrons. The lowest BCUT2D eigenvalue weighted by molar-refractivity contribution is -0.138. The second-order valence-electron chi connectivity index (χ2n) is 5.21. The molecule has 2 N–H and O–H groups in total. The van der Waals surface area contributed by atoms with Crippen molar-refractivity contribution < 1.29 is 19.1 Å². The number of H-pyrrole nitrogens is 1. The molecule has 7 nitrogen and oxygen atoms in total. The number of anilines is 1. The highest BCUT2D eigenvalue weighted by atomic mass is 16.5. The summed E-state index contributed by atoms with van der Waals surface area (Å²) in [6.45, 7) is 4.09. The third kappa shape index (κ3) is 3.88. The molecule has 2 rings (SSSR count). The van der Waals surface area contributed by atoms with Crippen molar-refractivity contribution in [1.82, 2.24) is 9.97 Å². The molecule has 1 aromatic carbocycles. The van der Waals surface area contributed by atoms with Crippen molar-refractivity contribution in [2.24, 2.45) is 0 Å². The molecule has 1 aromatic heterocycles. The molecule has 0 amide bonds. The summed E-state index contributed by atoms with van der Waals surface area (Å²) in [5.74, 6) is -0.148. The number of aromatic nitrogens is 2. The third-order valence-electron chi connectivity index (χ3n) is 3.19. The fraction of sp³-hybridized carbons (Fsp3) is 0.312. The molecule has 7 heteroatoms. The van der Waals surface area contributed by atoms with Gasteiger partial charge in [-0.15, -0.1) is 0 Å². The minimum Gasteiger partial charge on any atom is -0.466 e. The number of hydrogen-bond acceptors (Lipinski definition) is 6. The number of rotatable bonds is 5. The van der Waals surface area contributed by atoms with Gasteiger partial charge in [0.2, 0.25) is 0 Å². The van der Waals surface area contributed by atoms with Crippen LogP contribution in [0.25, 0.3) is 11.0 Å². The molecule has 0 radical (unpaired) electrons. The lowest BCUT2D eigenvalue weighted by Crippen LogP contribution is -2.15. The summed E-state index contributed by atoms with van der Waals surface area (Å²) in [6, 6.07) is 5.40. The zero-order valence-corrected chi connectivity index (χ0v) is 13.5. The predicted molar refractivity (Wildman–Crippen MR) is 85.9 cm³/mol. The van der Waals surface area contributed by atoms with E-state index in [0.717, 1.165) is 22.9 Å². The Morgan fingerprint density at radius 2 is 2.00 bits per heavy atom. The van der Waals surface area contributed by atoms with Gasteiger partial charge in [0.15, 0.2) is 0 Å². The first-order valence-electron chi connectivity index (χ1n) is 7.09. The summed E-state index contributed by atoms with van der Waals surface area (Å²) >= 11 is 0. The van der Waals surface area contributed by atoms with Crippen LogP contribution in [-0.4, -0.2) is 36.1 Å². The molecule has 0 spiro atoms. The normalized spacial score (nSPS) is 11.6. The molecular weight excluding hydrogens is 298 g/mol. The fourth-order valence-corrected chi connectivity index (χ4v) is 1.97. The SMILES string of the molecule is COC(=O)/C=C(/Nc1ccc2nc(C(C)C)[nH]c2c1)C(=O)OC. The quantitative estimate of drug-likeness (QED) is 0.649. The van der Waals surface area contributed by atoms with E-state index in [2.05, 4.69) is 24.8 Å². The number of nitrogens with zero attached hydrogens (tertiary/aromatic N) is 1. The zero-order chi connectivity index (χ0) is 17.0. The summed E-state index contributed by atoms with van der Waals surface area (Å²) in [4.78, 5) is 30.8. The van der Waals surface area contributed by atoms with Crippen LogP contribution in [0.3, 0.4) is 0 Å². The van der Waals surface area contributed by atoms with Gasteiger partial charge in [-0.3, -0.25) is 0 Å². The monoisotopic (exact) mass is 317 g/mol. The Balaban J connectivity index is 2.32. The smallest absolute Gasteiger partial charge is 0.354 e. The third-order valence-corrected chi connectivity index (χ3v) is 3.19. The van der Waals surface area contributed by atoms with Crippen molar-refractivity contribution in [3.8, 4) is 0 Å². The van der Waals surface area contributed by atoms with E-state index in [0.29, 0.717) is 5.69 Å². The molecule has 0 aliphatic rings. The van der Waals surface area contributed by atoms with Gasteiger partial charge in [-0.25, -0.2) is 14.6 Å². The molecule has 2 aromatic rings. The Morgan fingerprint density at radius 3 is 2.61 bits per heavy atom. The van der Waals surface area contributed by atoms with Gasteiger partial charge >= 0.3 is 11.9 Å². The number of carbonyl (C=O) groups excluding carboxylic acids is 2. The van der Waals surface area contributed by atoms with Crippen LogP contribution in [0.4, 0.5) is 5.69 Å². The van der Waals surface area contributed by atoms with Crippen LogP contribution in [0.1, 0.15) is 25.6 Å². The molecule has 0 saturated carbocycles. The maximum atomic E-state index is 11.7. The van der Waals surface area contributed by atoms with E-state index >= 15 is 0 Å². The number of methoxy groups -OCH3 is 2. The molecule has 0 atom stereocenters. The lowest BCUT2D eigenvalue weighted by atomic mass is 10.2. The summed E-state index contributed by atoms with van der Waals surface area (Å²) in [5, 5.41) is 2.86. The summed E-state index contributed by atoms with van der Waals surface area (Å²) in [6.07, 6.45) is 1.04. The molecule has 0 aliphatic carbocycles. The van der Waals surface area contributed by atoms with E-state index < -0.39 is 11.9 Å². The summed E-state index contributed by atoms with van der Waals surface area (Å²) in [5.41, 5.74) is 2.27. The van der Waals surface area contributed by atoms with Crippen molar-refractivity contribution in [2.75, 3.05) is 19.5 Å². The second-order valence-corrected chi connectivity index (χ2v) is 5.21. The van der Waals surface area contributed by atoms with E-state index in [9.17, 15) is 9.59 Å². The number of hydrogen-bond donors (Lipinski definition) is 2. The Bertz CT molecular complexity index is 762. The van der Waals surface area contributed by atoms with Gasteiger partial charge in [0.1, 0.15) is 11.5 Å². The number of nitrogens with one attached hydrogen (secondary N) is 2. The largest absolute Gasteiger partial charge is 0.466 e. The number of imidazole rings is 1. The van der Waals surface area contributed by atoms with Crippen LogP contribution in [0, 0.1) is 0 Å². The van der Waals surface area contributed by atoms with Crippen molar-refractivity contribution >= 4 is 28.7 Å². The van der Waals surface area contributed by atoms with Gasteiger partial charge in [0, 0.05) is 11.6 Å². The van der Waals surface area contributed by atoms with Crippen molar-refractivity contribution in [3.63, 3.8) is 0 Å². The van der Waals surface area contributed by atoms with E-state index in [1.165, 1.54) is 14.2 Å². The predicted octanol–water partition coefficient (Wildman–Crippen LogP) is 2.33. The Kier molecular flexibility index (Phi) is 5.00. The molecule has 23 heavy (non-hydrogen) atoms. The minimum absolute atomic E-state index is 0.0118. The Labute approximate surface area is 133 Å². The molecular formula is C16H19N3O4. The van der Waals surface area contributed by atoms with E-state index in [-0.39, 0.29) is 11.6 Å². The zero-order valence-electron chi connectivity index (χ0n) is 13.5. The first kappa shape index (κ1) is 16.5. The molecule has 0 saturated heterocycles. The van der Waals surface area contributed by atoms with E-state index in [1.807, 2.05) is 26.0 Å². The number of esters is 2. The van der Waals surface area contributed by atoms with E-state index in [1.54, 1.807) is 6.07 Å². The summed E-state index contributed by atoms with van der Waals surface area (Å²) < 4.78 is 9.19. The van der Waals surface area contributed by atoms with Crippen molar-refractivity contribution in [2.45, 2.75) is 19.8 Å². The first-order valence-corrected chi connectivity index (χ1v) is 7.09. The van der Waals surface area contributed by atoms with Gasteiger partial charge < -0.3 is 19.8 Å². The number of fused-ring (bicyclic) bond motifs is 1. The minimum atomic E-state index is -0.664. The standard InChI is InChI=1S/C16H19N3O4/c1-9(2)15-18-11-6-5-10(7-12(11)19-15)17-13(16(21)23-4)8-14(20)22-3/h5-9,17H,1-4H3,(H,18,19)/b13-8+. The van der Waals surface area contributed by atoms with Crippen LogP contribution < -0.4 is 5.32 Å². The Hall–Kier alpha value is -2.83. The number of carbonyl (C=O) groups is 2. The molecule has 0 aliphatic heterocycles. The van der Waals surface area contributed by atoms with Gasteiger partial charge in [0.25, 0.3) is 0 Å². The first-order chi connectivity index (χ1) is 10.9.